The number of carbonyl (C=O) groups excluding carboxylic acids is 1. The lowest BCUT2D eigenvalue weighted by atomic mass is 9.68. The van der Waals surface area contributed by atoms with E-state index in [-0.39, 0.29) is 5.41 Å². The fourth-order valence-electron chi connectivity index (χ4n) is 7.11. The molecule has 30 heavy (non-hydrogen) atoms. The van der Waals surface area contributed by atoms with E-state index in [1.54, 1.807) is 0 Å². The van der Waals surface area contributed by atoms with Crippen LogP contribution >= 0.6 is 0 Å². The number of aryl methyl sites for hydroxylation is 1. The van der Waals surface area contributed by atoms with Crippen LogP contribution in [0.3, 0.4) is 0 Å². The molecule has 1 spiro atoms. The Morgan fingerprint density at radius 3 is 2.77 bits per heavy atom. The maximum atomic E-state index is 13.2. The van der Waals surface area contributed by atoms with E-state index in [2.05, 4.69) is 40.2 Å². The first-order valence-corrected chi connectivity index (χ1v) is 12.2. The van der Waals surface area contributed by atoms with Gasteiger partial charge < -0.3 is 9.32 Å². The summed E-state index contributed by atoms with van der Waals surface area (Å²) < 4.78 is 6.62. The number of amides is 1. The summed E-state index contributed by atoms with van der Waals surface area (Å²) in [5.74, 6) is 3.02. The molecule has 6 bridgehead atoms. The predicted octanol–water partition coefficient (Wildman–Crippen LogP) is 5.12. The van der Waals surface area contributed by atoms with E-state index in [1.807, 2.05) is 0 Å². The third-order valence-electron chi connectivity index (χ3n) is 8.44. The minimum absolute atomic E-state index is 0.137. The highest BCUT2D eigenvalue weighted by Crippen LogP contribution is 2.67. The first kappa shape index (κ1) is 18.9. The summed E-state index contributed by atoms with van der Waals surface area (Å²) in [6, 6.07) is 3.16. The van der Waals surface area contributed by atoms with Crippen LogP contribution in [-0.2, 0) is 11.2 Å². The van der Waals surface area contributed by atoms with Crippen molar-refractivity contribution in [1.29, 1.82) is 0 Å². The molecule has 4 nitrogen and oxygen atoms in total. The van der Waals surface area contributed by atoms with Crippen molar-refractivity contribution in [3.63, 3.8) is 0 Å². The second-order valence-corrected chi connectivity index (χ2v) is 10.2. The second-order valence-electron chi connectivity index (χ2n) is 10.2. The summed E-state index contributed by atoms with van der Waals surface area (Å²) in [5.41, 5.74) is 1.50. The largest absolute Gasteiger partial charge is 0.464 e. The molecule has 1 amide bonds. The summed E-state index contributed by atoms with van der Waals surface area (Å²) >= 11 is 0. The lowest BCUT2D eigenvalue weighted by molar-refractivity contribution is -0.139. The van der Waals surface area contributed by atoms with Gasteiger partial charge in [-0.05, 0) is 69.5 Å². The van der Waals surface area contributed by atoms with Crippen LogP contribution in [0.15, 0.2) is 34.8 Å². The summed E-state index contributed by atoms with van der Waals surface area (Å²) in [4.78, 5) is 18.1. The average molecular weight is 407 g/mol. The fraction of sp³-hybridized carbons (Fsp3) is 0.654. The zero-order valence-electron chi connectivity index (χ0n) is 18.0. The number of nitrogens with zero attached hydrogens (tertiary/aromatic N) is 2. The highest BCUT2D eigenvalue weighted by molar-refractivity contribution is 5.79. The molecule has 0 radical (unpaired) electrons. The minimum atomic E-state index is 0.137. The molecule has 4 atom stereocenters. The van der Waals surface area contributed by atoms with Gasteiger partial charge in [-0.15, -0.1) is 0 Å². The molecule has 0 N–H and O–H groups in total. The molecule has 8 rings (SSSR count). The molecule has 7 aliphatic rings. The summed E-state index contributed by atoms with van der Waals surface area (Å²) in [7, 11) is 0. The zero-order chi connectivity index (χ0) is 20.1. The van der Waals surface area contributed by atoms with Crippen LogP contribution in [0.25, 0.3) is 0 Å². The molecular formula is C26H34N2O2. The summed E-state index contributed by atoms with van der Waals surface area (Å²) in [5, 5.41) is 0. The van der Waals surface area contributed by atoms with Crippen LogP contribution in [0.5, 0.6) is 0 Å². The molecule has 3 unspecified atom stereocenters. The first-order valence-electron chi connectivity index (χ1n) is 12.2. The van der Waals surface area contributed by atoms with Gasteiger partial charge in [0.1, 0.15) is 11.5 Å². The Morgan fingerprint density at radius 2 is 1.83 bits per heavy atom. The normalized spacial score (nSPS) is 37.4. The smallest absolute Gasteiger partial charge is 0.223 e. The number of furan rings is 1. The fourth-order valence-corrected chi connectivity index (χ4v) is 7.11. The van der Waals surface area contributed by atoms with Gasteiger partial charge >= 0.3 is 0 Å². The van der Waals surface area contributed by atoms with Gasteiger partial charge in [-0.2, -0.15) is 0 Å². The van der Waals surface area contributed by atoms with Crippen molar-refractivity contribution >= 4 is 5.91 Å². The molecule has 6 aliphatic heterocycles. The van der Waals surface area contributed by atoms with Crippen molar-refractivity contribution in [3.05, 3.63) is 47.5 Å². The molecule has 0 saturated carbocycles. The number of carbonyl (C=O) groups is 1. The Bertz CT molecular complexity index is 884. The first-order chi connectivity index (χ1) is 14.8. The molecule has 0 aromatic carbocycles. The maximum Gasteiger partial charge on any atom is 0.223 e. The van der Waals surface area contributed by atoms with E-state index in [1.165, 1.54) is 43.4 Å². The van der Waals surface area contributed by atoms with Gasteiger partial charge in [0.05, 0.1) is 6.04 Å². The van der Waals surface area contributed by atoms with Crippen molar-refractivity contribution in [3.8, 4) is 0 Å². The maximum absolute atomic E-state index is 13.2. The third kappa shape index (κ3) is 2.86. The molecular weight excluding hydrogens is 372 g/mol. The molecule has 7 heterocycles. The van der Waals surface area contributed by atoms with Crippen molar-refractivity contribution in [2.45, 2.75) is 82.2 Å². The number of allylic oxidation sites excluding steroid dienone is 3. The SMILES string of the molecule is O=C1CC2c3cc4oc3C3N5CCCC/C=C\[C@H]5CC23CN1CCCCC=CCC4. The van der Waals surface area contributed by atoms with Crippen LogP contribution in [-0.4, -0.2) is 41.4 Å². The topological polar surface area (TPSA) is 36.7 Å². The molecule has 1 aliphatic carbocycles. The predicted molar refractivity (Wildman–Crippen MR) is 117 cm³/mol. The van der Waals surface area contributed by atoms with E-state index in [0.29, 0.717) is 30.3 Å². The van der Waals surface area contributed by atoms with E-state index >= 15 is 0 Å². The van der Waals surface area contributed by atoms with Crippen LogP contribution in [0.1, 0.15) is 86.8 Å². The number of piperidine rings is 1. The lowest BCUT2D eigenvalue weighted by Gasteiger charge is -2.45. The zero-order valence-corrected chi connectivity index (χ0v) is 18.0. The van der Waals surface area contributed by atoms with Gasteiger partial charge in [-0.1, -0.05) is 24.3 Å². The highest BCUT2D eigenvalue weighted by Gasteiger charge is 2.65. The van der Waals surface area contributed by atoms with Crippen molar-refractivity contribution in [2.75, 3.05) is 19.6 Å². The van der Waals surface area contributed by atoms with E-state index in [0.717, 1.165) is 51.1 Å². The highest BCUT2D eigenvalue weighted by atomic mass is 16.3. The monoisotopic (exact) mass is 406 g/mol. The van der Waals surface area contributed by atoms with E-state index in [9.17, 15) is 4.79 Å². The summed E-state index contributed by atoms with van der Waals surface area (Å²) in [6.45, 7) is 2.98. The van der Waals surface area contributed by atoms with E-state index in [4.69, 9.17) is 4.42 Å². The molecule has 2 fully saturated rings. The van der Waals surface area contributed by atoms with Gasteiger partial charge in [-0.3, -0.25) is 9.69 Å². The molecule has 1 aromatic heterocycles. The molecule has 160 valence electrons. The molecule has 1 aromatic rings. The van der Waals surface area contributed by atoms with E-state index < -0.39 is 0 Å². The number of hydrogen-bond acceptors (Lipinski definition) is 3. The van der Waals surface area contributed by atoms with Gasteiger partial charge in [0, 0.05) is 43.3 Å². The summed E-state index contributed by atoms with van der Waals surface area (Å²) in [6.07, 6.45) is 20.5. The van der Waals surface area contributed by atoms with Crippen molar-refractivity contribution in [1.82, 2.24) is 9.80 Å². The van der Waals surface area contributed by atoms with Gasteiger partial charge in [-0.25, -0.2) is 0 Å². The molecule has 2 saturated heterocycles. The van der Waals surface area contributed by atoms with Crippen molar-refractivity contribution < 1.29 is 9.21 Å². The minimum Gasteiger partial charge on any atom is -0.464 e. The van der Waals surface area contributed by atoms with Crippen LogP contribution in [0.2, 0.25) is 0 Å². The van der Waals surface area contributed by atoms with Gasteiger partial charge in [0.25, 0.3) is 0 Å². The Kier molecular flexibility index (Phi) is 4.67. The number of rotatable bonds is 0. The third-order valence-corrected chi connectivity index (χ3v) is 8.44. The standard InChI is InChI=1S/C26H34N2O2/c29-23-16-22-21-15-20-12-8-3-1-2-5-9-13-27(23)18-26(22)17-19-11-7-4-6-10-14-28(19)25(26)24(21)30-20/h1,3,7,11,15,19,22,25H,2,4-6,8-10,12-14,16-18H2/b3-1?,11-7-/t19-,22?,25?,26?/m0/s1. The van der Waals surface area contributed by atoms with Gasteiger partial charge in [0.15, 0.2) is 0 Å². The lowest BCUT2D eigenvalue weighted by Crippen LogP contribution is -2.50. The second kappa shape index (κ2) is 7.40. The Hall–Kier alpha value is -1.81. The van der Waals surface area contributed by atoms with Crippen LogP contribution in [0, 0.1) is 5.41 Å². The number of fused-ring (bicyclic) bond motifs is 2. The Morgan fingerprint density at radius 1 is 1.00 bits per heavy atom. The average Bonchev–Trinajstić information content (AvgIpc) is 3.30. The Balaban J connectivity index is 1.45. The van der Waals surface area contributed by atoms with Crippen molar-refractivity contribution in [2.24, 2.45) is 5.41 Å². The van der Waals surface area contributed by atoms with Crippen LogP contribution in [0.4, 0.5) is 0 Å². The van der Waals surface area contributed by atoms with Crippen LogP contribution < -0.4 is 0 Å². The Labute approximate surface area is 180 Å². The molecule has 4 heteroatoms. The quantitative estimate of drug-likeness (QED) is 0.561. The van der Waals surface area contributed by atoms with Gasteiger partial charge in [0.2, 0.25) is 5.91 Å². The number of hydrogen-bond donors (Lipinski definition) is 0.